The molecule has 0 spiro atoms. The zero-order chi connectivity index (χ0) is 38.2. The van der Waals surface area contributed by atoms with Crippen molar-refractivity contribution < 1.29 is 0 Å². The zero-order valence-electron chi connectivity index (χ0n) is 31.3. The highest BCUT2D eigenvalue weighted by Crippen LogP contribution is 2.44. The van der Waals surface area contributed by atoms with Crippen LogP contribution in [-0.4, -0.2) is 24.1 Å². The van der Waals surface area contributed by atoms with Crippen LogP contribution in [0.25, 0.3) is 111 Å². The number of para-hydroxylation sites is 3. The summed E-state index contributed by atoms with van der Waals surface area (Å²) in [5.74, 6) is 1.92. The Morgan fingerprint density at radius 3 is 1.72 bits per heavy atom. The van der Waals surface area contributed by atoms with E-state index in [0.29, 0.717) is 17.5 Å². The third-order valence-corrected chi connectivity index (χ3v) is 11.5. The summed E-state index contributed by atoms with van der Waals surface area (Å²) in [7, 11) is 0. The van der Waals surface area contributed by atoms with E-state index in [-0.39, 0.29) is 0 Å². The second-order valence-electron chi connectivity index (χ2n) is 14.8. The average molecular weight is 740 g/mol. The van der Waals surface area contributed by atoms with Crippen molar-refractivity contribution in [2.75, 3.05) is 0 Å². The SMILES string of the molecule is c1ccc(-c2nc(-c3ccc4ccccc4c3)nc(-c3ccc(-n4c5ccccc5c5ccc6c(c7ccccc7n6-c6ccccc6)c54)c4ccccc34)n2)cc1. The van der Waals surface area contributed by atoms with Crippen LogP contribution in [0.5, 0.6) is 0 Å². The molecule has 3 heterocycles. The maximum Gasteiger partial charge on any atom is 0.164 e. The van der Waals surface area contributed by atoms with Gasteiger partial charge in [0.05, 0.1) is 27.8 Å². The molecule has 0 radical (unpaired) electrons. The molecular weight excluding hydrogens is 707 g/mol. The minimum absolute atomic E-state index is 0.635. The number of hydrogen-bond acceptors (Lipinski definition) is 3. The molecule has 9 aromatic carbocycles. The molecule has 0 amide bonds. The van der Waals surface area contributed by atoms with Crippen LogP contribution >= 0.6 is 0 Å². The summed E-state index contributed by atoms with van der Waals surface area (Å²) in [5.41, 5.74) is 9.78. The van der Waals surface area contributed by atoms with E-state index in [1.54, 1.807) is 0 Å². The second kappa shape index (κ2) is 12.8. The number of benzene rings is 9. The second-order valence-corrected chi connectivity index (χ2v) is 14.8. The molecule has 5 nitrogen and oxygen atoms in total. The quantitative estimate of drug-likeness (QED) is 0.177. The molecule has 12 aromatic rings. The van der Waals surface area contributed by atoms with E-state index in [4.69, 9.17) is 15.0 Å². The monoisotopic (exact) mass is 739 g/mol. The van der Waals surface area contributed by atoms with Gasteiger partial charge in [0.15, 0.2) is 17.5 Å². The van der Waals surface area contributed by atoms with Crippen LogP contribution in [0.1, 0.15) is 0 Å². The lowest BCUT2D eigenvalue weighted by molar-refractivity contribution is 1.08. The van der Waals surface area contributed by atoms with E-state index in [1.807, 2.05) is 18.2 Å². The van der Waals surface area contributed by atoms with E-state index in [0.717, 1.165) is 49.7 Å². The molecule has 0 aliphatic carbocycles. The molecule has 3 aromatic heterocycles. The van der Waals surface area contributed by atoms with Gasteiger partial charge in [-0.05, 0) is 64.7 Å². The van der Waals surface area contributed by atoms with E-state index in [9.17, 15) is 0 Å². The molecule has 0 unspecified atom stereocenters. The molecule has 0 saturated carbocycles. The highest BCUT2D eigenvalue weighted by atomic mass is 15.0. The fourth-order valence-electron chi connectivity index (χ4n) is 8.96. The van der Waals surface area contributed by atoms with E-state index < -0.39 is 0 Å². The Hall–Kier alpha value is -7.89. The summed E-state index contributed by atoms with van der Waals surface area (Å²) in [4.78, 5) is 15.5. The minimum atomic E-state index is 0.635. The maximum atomic E-state index is 5.22. The number of nitrogens with zero attached hydrogens (tertiary/aromatic N) is 5. The molecule has 58 heavy (non-hydrogen) atoms. The van der Waals surface area contributed by atoms with Crippen LogP contribution in [0.15, 0.2) is 200 Å². The molecule has 0 atom stereocenters. The van der Waals surface area contributed by atoms with Crippen molar-refractivity contribution in [1.82, 2.24) is 24.1 Å². The third kappa shape index (κ3) is 4.93. The van der Waals surface area contributed by atoms with Crippen molar-refractivity contribution in [2.24, 2.45) is 0 Å². The van der Waals surface area contributed by atoms with Gasteiger partial charge in [0.25, 0.3) is 0 Å². The van der Waals surface area contributed by atoms with E-state index >= 15 is 0 Å². The Kier molecular flexibility index (Phi) is 7.16. The molecule has 0 bridgehead atoms. The molecule has 0 N–H and O–H groups in total. The first-order chi connectivity index (χ1) is 28.8. The fraction of sp³-hybridized carbons (Fsp3) is 0. The van der Waals surface area contributed by atoms with Gasteiger partial charge >= 0.3 is 0 Å². The summed E-state index contributed by atoms with van der Waals surface area (Å²) >= 11 is 0. The molecule has 0 aliphatic rings. The summed E-state index contributed by atoms with van der Waals surface area (Å²) in [5, 5.41) is 9.39. The van der Waals surface area contributed by atoms with Crippen LogP contribution in [0, 0.1) is 0 Å². The predicted molar refractivity (Wildman–Crippen MR) is 240 cm³/mol. The van der Waals surface area contributed by atoms with Gasteiger partial charge in [-0.15, -0.1) is 0 Å². The van der Waals surface area contributed by atoms with Crippen LogP contribution in [0.2, 0.25) is 0 Å². The van der Waals surface area contributed by atoms with Crippen molar-refractivity contribution in [1.29, 1.82) is 0 Å². The Labute approximate surface area is 333 Å². The Balaban J connectivity index is 1.14. The number of rotatable bonds is 5. The first kappa shape index (κ1) is 32.4. The van der Waals surface area contributed by atoms with Gasteiger partial charge < -0.3 is 9.13 Å². The Morgan fingerprint density at radius 2 is 0.931 bits per heavy atom. The summed E-state index contributed by atoms with van der Waals surface area (Å²) in [6.45, 7) is 0. The molecule has 5 heteroatoms. The van der Waals surface area contributed by atoms with Crippen molar-refractivity contribution in [3.8, 4) is 45.5 Å². The zero-order valence-corrected chi connectivity index (χ0v) is 31.3. The highest BCUT2D eigenvalue weighted by molar-refractivity contribution is 6.26. The highest BCUT2D eigenvalue weighted by Gasteiger charge is 2.23. The summed E-state index contributed by atoms with van der Waals surface area (Å²) in [6, 6.07) is 70.9. The minimum Gasteiger partial charge on any atom is -0.309 e. The normalized spacial score (nSPS) is 11.8. The molecule has 12 rings (SSSR count). The van der Waals surface area contributed by atoms with Gasteiger partial charge in [0.1, 0.15) is 0 Å². The fourth-order valence-corrected chi connectivity index (χ4v) is 8.96. The summed E-state index contributed by atoms with van der Waals surface area (Å²) < 4.78 is 4.87. The lowest BCUT2D eigenvalue weighted by atomic mass is 10.0. The molecule has 0 fully saturated rings. The smallest absolute Gasteiger partial charge is 0.164 e. The first-order valence-electron chi connectivity index (χ1n) is 19.6. The molecular formula is C53H33N5. The van der Waals surface area contributed by atoms with Gasteiger partial charge in [0.2, 0.25) is 0 Å². The van der Waals surface area contributed by atoms with Gasteiger partial charge in [0, 0.05) is 49.3 Å². The predicted octanol–water partition coefficient (Wildman–Crippen LogP) is 13.4. The topological polar surface area (TPSA) is 48.5 Å². The van der Waals surface area contributed by atoms with Crippen molar-refractivity contribution in [2.45, 2.75) is 0 Å². The average Bonchev–Trinajstić information content (AvgIpc) is 3.82. The van der Waals surface area contributed by atoms with E-state index in [2.05, 4.69) is 191 Å². The van der Waals surface area contributed by atoms with Crippen molar-refractivity contribution >= 4 is 65.2 Å². The van der Waals surface area contributed by atoms with Gasteiger partial charge in [-0.2, -0.15) is 0 Å². The number of hydrogen-bond donors (Lipinski definition) is 0. The molecule has 270 valence electrons. The lowest BCUT2D eigenvalue weighted by Crippen LogP contribution is -2.02. The summed E-state index contributed by atoms with van der Waals surface area (Å²) in [6.07, 6.45) is 0. The Bertz CT molecular complexity index is 3560. The van der Waals surface area contributed by atoms with Crippen molar-refractivity contribution in [3.63, 3.8) is 0 Å². The first-order valence-corrected chi connectivity index (χ1v) is 19.6. The van der Waals surface area contributed by atoms with Gasteiger partial charge in [-0.25, -0.2) is 15.0 Å². The Morgan fingerprint density at radius 1 is 0.328 bits per heavy atom. The third-order valence-electron chi connectivity index (χ3n) is 11.5. The molecule has 0 aliphatic heterocycles. The van der Waals surface area contributed by atoms with Gasteiger partial charge in [-0.1, -0.05) is 152 Å². The number of fused-ring (bicyclic) bond motifs is 9. The van der Waals surface area contributed by atoms with Crippen LogP contribution in [0.3, 0.4) is 0 Å². The lowest BCUT2D eigenvalue weighted by Gasteiger charge is -2.16. The van der Waals surface area contributed by atoms with Crippen LogP contribution in [-0.2, 0) is 0 Å². The standard InChI is InChI=1S/C53H33N5/c1-3-16-35(17-4-1)51-54-52(37-28-27-34-15-7-8-18-36(34)33-37)56-53(55-51)43-30-31-47(40-22-10-9-21-39(40)43)58-45-25-13-11-23-41(45)42-29-32-48-49(50(42)58)44-24-12-14-26-46(44)57(48)38-19-5-2-6-20-38/h1-33H. The molecule has 0 saturated heterocycles. The van der Waals surface area contributed by atoms with Crippen LogP contribution < -0.4 is 0 Å². The maximum absolute atomic E-state index is 5.22. The largest absolute Gasteiger partial charge is 0.309 e. The van der Waals surface area contributed by atoms with Crippen LogP contribution in [0.4, 0.5) is 0 Å². The van der Waals surface area contributed by atoms with Crippen molar-refractivity contribution in [3.05, 3.63) is 200 Å². The van der Waals surface area contributed by atoms with E-state index in [1.165, 1.54) is 43.5 Å². The number of aromatic nitrogens is 5. The van der Waals surface area contributed by atoms with Gasteiger partial charge in [-0.3, -0.25) is 0 Å².